The van der Waals surface area contributed by atoms with E-state index in [0.717, 1.165) is 24.2 Å². The quantitative estimate of drug-likeness (QED) is 0.945. The summed E-state index contributed by atoms with van der Waals surface area (Å²) in [5.74, 6) is 0.970. The van der Waals surface area contributed by atoms with Crippen LogP contribution in [0, 0.1) is 5.41 Å². The molecule has 20 heavy (non-hydrogen) atoms. The number of ether oxygens (including phenoxy) is 1. The van der Waals surface area contributed by atoms with Crippen molar-refractivity contribution >= 4 is 11.6 Å². The average Bonchev–Trinajstić information content (AvgIpc) is 2.49. The fourth-order valence-corrected chi connectivity index (χ4v) is 2.93. The molecule has 0 fully saturated rings. The molecule has 0 radical (unpaired) electrons. The van der Waals surface area contributed by atoms with Crippen molar-refractivity contribution in [1.82, 2.24) is 4.98 Å². The highest BCUT2D eigenvalue weighted by atomic mass is 35.5. The Morgan fingerprint density at radius 3 is 2.95 bits per heavy atom. The average molecular weight is 289 g/mol. The molecular formula is C16H17ClN2O. The van der Waals surface area contributed by atoms with Gasteiger partial charge in [-0.2, -0.15) is 0 Å². The molecule has 4 heteroatoms. The van der Waals surface area contributed by atoms with Gasteiger partial charge in [0.1, 0.15) is 5.75 Å². The van der Waals surface area contributed by atoms with Crippen molar-refractivity contribution < 1.29 is 4.74 Å². The largest absolute Gasteiger partial charge is 0.493 e. The predicted octanol–water partition coefficient (Wildman–Crippen LogP) is 2.86. The lowest BCUT2D eigenvalue weighted by Crippen LogP contribution is -2.43. The number of para-hydroxylation sites is 1. The van der Waals surface area contributed by atoms with Gasteiger partial charge in [0.2, 0.25) is 0 Å². The second-order valence-electron chi connectivity index (χ2n) is 5.42. The summed E-state index contributed by atoms with van der Waals surface area (Å²) in [6, 6.07) is 10.1. The highest BCUT2D eigenvalue weighted by Gasteiger charge is 2.35. The topological polar surface area (TPSA) is 48.1 Å². The molecular weight excluding hydrogens is 272 g/mol. The number of benzene rings is 1. The molecule has 1 unspecified atom stereocenters. The van der Waals surface area contributed by atoms with E-state index in [9.17, 15) is 0 Å². The van der Waals surface area contributed by atoms with E-state index in [1.807, 2.05) is 24.3 Å². The van der Waals surface area contributed by atoms with Crippen LogP contribution in [0.5, 0.6) is 5.75 Å². The fraction of sp³-hybridized carbons (Fsp3) is 0.312. The third-order valence-corrected chi connectivity index (χ3v) is 4.27. The fourth-order valence-electron chi connectivity index (χ4n) is 2.74. The molecule has 1 aliphatic rings. The van der Waals surface area contributed by atoms with E-state index in [4.69, 9.17) is 22.1 Å². The summed E-state index contributed by atoms with van der Waals surface area (Å²) < 4.78 is 5.90. The predicted molar refractivity (Wildman–Crippen MR) is 80.1 cm³/mol. The normalized spacial score (nSPS) is 21.1. The molecule has 3 rings (SSSR count). The molecule has 1 aliphatic heterocycles. The van der Waals surface area contributed by atoms with E-state index in [2.05, 4.69) is 11.1 Å². The molecule has 1 atom stereocenters. The van der Waals surface area contributed by atoms with E-state index in [0.29, 0.717) is 18.2 Å². The van der Waals surface area contributed by atoms with E-state index >= 15 is 0 Å². The van der Waals surface area contributed by atoms with E-state index in [1.54, 1.807) is 12.4 Å². The maximum Gasteiger partial charge on any atom is 0.122 e. The number of rotatable bonds is 3. The van der Waals surface area contributed by atoms with Crippen LogP contribution in [0.2, 0.25) is 5.02 Å². The summed E-state index contributed by atoms with van der Waals surface area (Å²) in [5, 5.41) is 0.694. The van der Waals surface area contributed by atoms with Gasteiger partial charge in [0.25, 0.3) is 0 Å². The lowest BCUT2D eigenvalue weighted by Gasteiger charge is -2.37. The smallest absolute Gasteiger partial charge is 0.122 e. The Balaban J connectivity index is 1.89. The third kappa shape index (κ3) is 2.51. The summed E-state index contributed by atoms with van der Waals surface area (Å²) in [6.07, 6.45) is 5.17. The second-order valence-corrected chi connectivity index (χ2v) is 5.83. The molecule has 0 amide bonds. The SMILES string of the molecule is NCC1(Cc2ccncc2Cl)COc2ccccc2C1. The highest BCUT2D eigenvalue weighted by molar-refractivity contribution is 6.31. The van der Waals surface area contributed by atoms with Crippen LogP contribution in [0.4, 0.5) is 0 Å². The zero-order valence-corrected chi connectivity index (χ0v) is 11.9. The summed E-state index contributed by atoms with van der Waals surface area (Å²) >= 11 is 6.22. The number of fused-ring (bicyclic) bond motifs is 1. The number of nitrogens with zero attached hydrogens (tertiary/aromatic N) is 1. The standard InChI is InChI=1S/C16H17ClN2O/c17-14-9-19-6-5-12(14)7-16(10-18)8-13-3-1-2-4-15(13)20-11-16/h1-6,9H,7-8,10-11,18H2. The summed E-state index contributed by atoms with van der Waals surface area (Å²) in [7, 11) is 0. The van der Waals surface area contributed by atoms with Crippen molar-refractivity contribution in [2.24, 2.45) is 11.1 Å². The lowest BCUT2D eigenvalue weighted by molar-refractivity contribution is 0.126. The molecule has 104 valence electrons. The lowest BCUT2D eigenvalue weighted by atomic mass is 9.76. The van der Waals surface area contributed by atoms with Gasteiger partial charge < -0.3 is 10.5 Å². The molecule has 1 aromatic carbocycles. The minimum absolute atomic E-state index is 0.0979. The van der Waals surface area contributed by atoms with Gasteiger partial charge in [-0.05, 0) is 36.1 Å². The number of aromatic nitrogens is 1. The van der Waals surface area contributed by atoms with Crippen molar-refractivity contribution in [1.29, 1.82) is 0 Å². The van der Waals surface area contributed by atoms with Gasteiger partial charge in [-0.1, -0.05) is 29.8 Å². The van der Waals surface area contributed by atoms with Gasteiger partial charge in [0.15, 0.2) is 0 Å². The Morgan fingerprint density at radius 2 is 2.15 bits per heavy atom. The Morgan fingerprint density at radius 1 is 1.30 bits per heavy atom. The van der Waals surface area contributed by atoms with Crippen LogP contribution in [0.25, 0.3) is 0 Å². The molecule has 2 heterocycles. The Hall–Kier alpha value is -1.58. The van der Waals surface area contributed by atoms with Crippen molar-refractivity contribution in [3.05, 3.63) is 58.9 Å². The first kappa shape index (κ1) is 13.4. The molecule has 0 saturated heterocycles. The summed E-state index contributed by atoms with van der Waals surface area (Å²) in [5.41, 5.74) is 8.25. The summed E-state index contributed by atoms with van der Waals surface area (Å²) in [6.45, 7) is 1.19. The molecule has 3 nitrogen and oxygen atoms in total. The van der Waals surface area contributed by atoms with Crippen molar-refractivity contribution in [2.45, 2.75) is 12.8 Å². The highest BCUT2D eigenvalue weighted by Crippen LogP contribution is 2.37. The van der Waals surface area contributed by atoms with Gasteiger partial charge in [-0.3, -0.25) is 4.98 Å². The molecule has 0 saturated carbocycles. The number of nitrogens with two attached hydrogens (primary N) is 1. The van der Waals surface area contributed by atoms with Crippen LogP contribution in [-0.2, 0) is 12.8 Å². The van der Waals surface area contributed by atoms with Crippen LogP contribution in [-0.4, -0.2) is 18.1 Å². The number of hydrogen-bond donors (Lipinski definition) is 1. The molecule has 1 aromatic heterocycles. The summed E-state index contributed by atoms with van der Waals surface area (Å²) in [4.78, 5) is 4.03. The molecule has 0 aliphatic carbocycles. The zero-order valence-electron chi connectivity index (χ0n) is 11.2. The van der Waals surface area contributed by atoms with Crippen molar-refractivity contribution in [3.8, 4) is 5.75 Å². The van der Waals surface area contributed by atoms with E-state index in [1.165, 1.54) is 5.56 Å². The number of halogens is 1. The molecule has 2 N–H and O–H groups in total. The maximum atomic E-state index is 6.22. The van der Waals surface area contributed by atoms with Crippen LogP contribution < -0.4 is 10.5 Å². The van der Waals surface area contributed by atoms with Gasteiger partial charge in [0, 0.05) is 24.4 Å². The first-order valence-electron chi connectivity index (χ1n) is 6.72. The molecule has 2 aromatic rings. The van der Waals surface area contributed by atoms with Gasteiger partial charge in [-0.25, -0.2) is 0 Å². The van der Waals surface area contributed by atoms with Crippen molar-refractivity contribution in [2.75, 3.05) is 13.2 Å². The molecule has 0 spiro atoms. The first-order chi connectivity index (χ1) is 9.72. The minimum atomic E-state index is -0.0979. The van der Waals surface area contributed by atoms with Crippen LogP contribution in [0.1, 0.15) is 11.1 Å². The minimum Gasteiger partial charge on any atom is -0.493 e. The molecule has 0 bridgehead atoms. The second kappa shape index (κ2) is 5.43. The van der Waals surface area contributed by atoms with Crippen LogP contribution in [0.15, 0.2) is 42.7 Å². The van der Waals surface area contributed by atoms with Gasteiger partial charge >= 0.3 is 0 Å². The van der Waals surface area contributed by atoms with Crippen LogP contribution in [0.3, 0.4) is 0 Å². The van der Waals surface area contributed by atoms with E-state index in [-0.39, 0.29) is 5.41 Å². The van der Waals surface area contributed by atoms with Crippen molar-refractivity contribution in [3.63, 3.8) is 0 Å². The first-order valence-corrected chi connectivity index (χ1v) is 7.09. The maximum absolute atomic E-state index is 6.22. The Labute approximate surface area is 123 Å². The van der Waals surface area contributed by atoms with Gasteiger partial charge in [-0.15, -0.1) is 0 Å². The third-order valence-electron chi connectivity index (χ3n) is 3.93. The Bertz CT molecular complexity index is 617. The van der Waals surface area contributed by atoms with E-state index < -0.39 is 0 Å². The zero-order chi connectivity index (χ0) is 14.0. The van der Waals surface area contributed by atoms with Crippen LogP contribution >= 0.6 is 11.6 Å². The Kier molecular flexibility index (Phi) is 3.64. The monoisotopic (exact) mass is 288 g/mol. The van der Waals surface area contributed by atoms with Gasteiger partial charge in [0.05, 0.1) is 11.6 Å². The number of hydrogen-bond acceptors (Lipinski definition) is 3. The number of pyridine rings is 1.